The Kier molecular flexibility index (Phi) is 4.98. The van der Waals surface area contributed by atoms with E-state index in [1.165, 1.54) is 10.9 Å². The molecule has 3 N–H and O–H groups in total. The summed E-state index contributed by atoms with van der Waals surface area (Å²) in [7, 11) is 0. The quantitative estimate of drug-likeness (QED) is 0.557. The molecule has 1 fully saturated rings. The molecule has 0 aliphatic heterocycles. The summed E-state index contributed by atoms with van der Waals surface area (Å²) in [5.74, 6) is -3.02. The molecular weight excluding hydrogens is 370 g/mol. The number of aliphatic hydroxyl groups excluding tert-OH is 1. The first kappa shape index (κ1) is 18.8. The number of hydrogen-bond donors (Lipinski definition) is 3. The van der Waals surface area contributed by atoms with E-state index in [4.69, 9.17) is 10.2 Å². The predicted octanol–water partition coefficient (Wildman–Crippen LogP) is 2.51. The number of nitrogens with one attached hydrogen (secondary N) is 1. The van der Waals surface area contributed by atoms with E-state index >= 15 is 0 Å². The Hall–Kier alpha value is -2.59. The number of aromatic nitrogens is 5. The van der Waals surface area contributed by atoms with E-state index in [2.05, 4.69) is 20.4 Å². The molecular formula is C18H22F2N6O2. The first-order valence-electron chi connectivity index (χ1n) is 9.26. The van der Waals surface area contributed by atoms with Gasteiger partial charge in [0.25, 0.3) is 5.92 Å². The molecule has 28 heavy (non-hydrogen) atoms. The summed E-state index contributed by atoms with van der Waals surface area (Å²) < 4.78 is 31.6. The normalized spacial score (nSPS) is 19.4. The molecule has 0 radical (unpaired) electrons. The van der Waals surface area contributed by atoms with Crippen molar-refractivity contribution in [3.05, 3.63) is 30.9 Å². The Morgan fingerprint density at radius 1 is 1.29 bits per heavy atom. The van der Waals surface area contributed by atoms with Crippen molar-refractivity contribution in [1.82, 2.24) is 24.3 Å². The van der Waals surface area contributed by atoms with Crippen LogP contribution in [0.1, 0.15) is 25.7 Å². The van der Waals surface area contributed by atoms with E-state index < -0.39 is 18.1 Å². The Morgan fingerprint density at radius 2 is 2.14 bits per heavy atom. The third-order valence-corrected chi connectivity index (χ3v) is 5.07. The van der Waals surface area contributed by atoms with Crippen LogP contribution < -0.4 is 5.32 Å². The van der Waals surface area contributed by atoms with Gasteiger partial charge in [0.2, 0.25) is 5.95 Å². The smallest absolute Gasteiger partial charge is 0.252 e. The van der Waals surface area contributed by atoms with E-state index in [-0.39, 0.29) is 19.5 Å². The van der Waals surface area contributed by atoms with E-state index in [1.807, 2.05) is 6.07 Å². The molecule has 8 nitrogen and oxygen atoms in total. The summed E-state index contributed by atoms with van der Waals surface area (Å²) >= 11 is 0. The van der Waals surface area contributed by atoms with Gasteiger partial charge in [0.05, 0.1) is 18.4 Å². The molecule has 0 spiro atoms. The van der Waals surface area contributed by atoms with Gasteiger partial charge in [0.1, 0.15) is 5.65 Å². The van der Waals surface area contributed by atoms with Crippen molar-refractivity contribution in [3.63, 3.8) is 0 Å². The lowest BCUT2D eigenvalue weighted by Gasteiger charge is -2.31. The van der Waals surface area contributed by atoms with E-state index in [0.29, 0.717) is 30.1 Å². The largest absolute Gasteiger partial charge is 0.367 e. The highest BCUT2D eigenvalue weighted by molar-refractivity contribution is 5.76. The Morgan fingerprint density at radius 3 is 2.93 bits per heavy atom. The fourth-order valence-corrected chi connectivity index (χ4v) is 3.63. The zero-order valence-electron chi connectivity index (χ0n) is 15.2. The minimum atomic E-state index is -2.64. The average molecular weight is 392 g/mol. The van der Waals surface area contributed by atoms with Crippen molar-refractivity contribution in [3.8, 4) is 0 Å². The van der Waals surface area contributed by atoms with Gasteiger partial charge < -0.3 is 20.1 Å². The molecule has 10 heteroatoms. The van der Waals surface area contributed by atoms with Gasteiger partial charge in [0, 0.05) is 42.9 Å². The molecule has 1 saturated carbocycles. The number of rotatable bonds is 6. The SMILES string of the molecule is OC(O)Cn1cc(Nc2ncc3ccn(CC4CCCCC4(F)F)c3n2)cn1. The van der Waals surface area contributed by atoms with Crippen molar-refractivity contribution >= 4 is 22.7 Å². The molecule has 3 aromatic heterocycles. The second-order valence-corrected chi connectivity index (χ2v) is 7.20. The van der Waals surface area contributed by atoms with Gasteiger partial charge >= 0.3 is 0 Å². The molecule has 150 valence electrons. The van der Waals surface area contributed by atoms with Crippen LogP contribution in [0.5, 0.6) is 0 Å². The molecule has 4 rings (SSSR count). The molecule has 1 atom stereocenters. The van der Waals surface area contributed by atoms with Crippen LogP contribution in [0.25, 0.3) is 11.0 Å². The fourth-order valence-electron chi connectivity index (χ4n) is 3.63. The van der Waals surface area contributed by atoms with Crippen LogP contribution in [-0.4, -0.2) is 46.7 Å². The molecule has 0 aromatic carbocycles. The summed E-state index contributed by atoms with van der Waals surface area (Å²) in [6, 6.07) is 1.82. The number of alkyl halides is 2. The topological polar surface area (TPSA) is 101 Å². The summed E-state index contributed by atoms with van der Waals surface area (Å²) in [4.78, 5) is 8.72. The molecule has 3 aromatic rings. The number of hydrogen-bond acceptors (Lipinski definition) is 6. The number of nitrogens with zero attached hydrogens (tertiary/aromatic N) is 5. The Labute approximate surface area is 159 Å². The van der Waals surface area contributed by atoms with Crippen molar-refractivity contribution in [1.29, 1.82) is 0 Å². The number of fused-ring (bicyclic) bond motifs is 1. The zero-order valence-corrected chi connectivity index (χ0v) is 15.2. The van der Waals surface area contributed by atoms with Crippen molar-refractivity contribution in [2.45, 2.75) is 51.0 Å². The first-order chi connectivity index (χ1) is 13.4. The number of halogens is 2. The highest BCUT2D eigenvalue weighted by Crippen LogP contribution is 2.39. The standard InChI is InChI=1S/C18H22F2N6O2/c19-18(20)5-2-1-3-13(18)9-25-6-4-12-7-21-17(24-16(12)25)23-14-8-22-26(10-14)11-15(27)28/h4,6-8,10,13,15,27-28H,1-3,5,9,11H2,(H,21,23,24). The van der Waals surface area contributed by atoms with Gasteiger partial charge in [0.15, 0.2) is 6.29 Å². The van der Waals surface area contributed by atoms with Gasteiger partial charge in [-0.1, -0.05) is 6.42 Å². The van der Waals surface area contributed by atoms with E-state index in [1.54, 1.807) is 23.2 Å². The monoisotopic (exact) mass is 392 g/mol. The van der Waals surface area contributed by atoms with Gasteiger partial charge in [-0.05, 0) is 18.9 Å². The first-order valence-corrected chi connectivity index (χ1v) is 9.26. The van der Waals surface area contributed by atoms with Crippen LogP contribution in [0.3, 0.4) is 0 Å². The number of anilines is 2. The minimum Gasteiger partial charge on any atom is -0.367 e. The number of aliphatic hydroxyl groups is 2. The predicted molar refractivity (Wildman–Crippen MR) is 98.2 cm³/mol. The van der Waals surface area contributed by atoms with Crippen LogP contribution in [0.4, 0.5) is 20.4 Å². The minimum absolute atomic E-state index is 0.0504. The third kappa shape index (κ3) is 3.97. The van der Waals surface area contributed by atoms with Gasteiger partial charge in [-0.2, -0.15) is 10.1 Å². The van der Waals surface area contributed by atoms with Crippen LogP contribution in [0.2, 0.25) is 0 Å². The molecule has 1 unspecified atom stereocenters. The van der Waals surface area contributed by atoms with Crippen LogP contribution in [0, 0.1) is 5.92 Å². The van der Waals surface area contributed by atoms with Gasteiger partial charge in [-0.15, -0.1) is 0 Å². The lowest BCUT2D eigenvalue weighted by molar-refractivity contribution is -0.0906. The van der Waals surface area contributed by atoms with Crippen LogP contribution in [-0.2, 0) is 13.1 Å². The lowest BCUT2D eigenvalue weighted by atomic mass is 9.85. The van der Waals surface area contributed by atoms with E-state index in [0.717, 1.165) is 11.8 Å². The van der Waals surface area contributed by atoms with Crippen LogP contribution >= 0.6 is 0 Å². The molecule has 0 saturated heterocycles. The van der Waals surface area contributed by atoms with Crippen molar-refractivity contribution in [2.75, 3.05) is 5.32 Å². The second kappa shape index (κ2) is 7.44. The molecule has 3 heterocycles. The Balaban J connectivity index is 1.53. The maximum absolute atomic E-state index is 14.2. The highest BCUT2D eigenvalue weighted by atomic mass is 19.3. The average Bonchev–Trinajstić information content (AvgIpc) is 3.23. The fraction of sp³-hybridized carbons (Fsp3) is 0.500. The third-order valence-electron chi connectivity index (χ3n) is 5.07. The Bertz CT molecular complexity index is 955. The second-order valence-electron chi connectivity index (χ2n) is 7.20. The molecule has 1 aliphatic carbocycles. The van der Waals surface area contributed by atoms with Gasteiger partial charge in [-0.25, -0.2) is 13.8 Å². The summed E-state index contributed by atoms with van der Waals surface area (Å²) in [5.41, 5.74) is 1.17. The maximum atomic E-state index is 14.2. The lowest BCUT2D eigenvalue weighted by Crippen LogP contribution is -2.34. The summed E-state index contributed by atoms with van der Waals surface area (Å²) in [6.45, 7) is 0.166. The van der Waals surface area contributed by atoms with Crippen LogP contribution in [0.15, 0.2) is 30.9 Å². The maximum Gasteiger partial charge on any atom is 0.252 e. The van der Waals surface area contributed by atoms with Gasteiger partial charge in [-0.3, -0.25) is 4.68 Å². The van der Waals surface area contributed by atoms with Crippen molar-refractivity contribution in [2.24, 2.45) is 5.92 Å². The molecule has 1 aliphatic rings. The summed E-state index contributed by atoms with van der Waals surface area (Å²) in [6.07, 6.45) is 6.88. The van der Waals surface area contributed by atoms with E-state index in [9.17, 15) is 8.78 Å². The zero-order chi connectivity index (χ0) is 19.7. The van der Waals surface area contributed by atoms with Crippen molar-refractivity contribution < 1.29 is 19.0 Å². The highest BCUT2D eigenvalue weighted by Gasteiger charge is 2.41. The molecule has 0 bridgehead atoms. The summed E-state index contributed by atoms with van der Waals surface area (Å²) in [5, 5.41) is 25.8. The molecule has 0 amide bonds.